The maximum atomic E-state index is 2.41. The first-order chi connectivity index (χ1) is 3.29. The zero-order valence-corrected chi connectivity index (χ0v) is 5.66. The van der Waals surface area contributed by atoms with Crippen molar-refractivity contribution in [1.82, 2.24) is 0 Å². The molecule has 0 aromatic carbocycles. The Morgan fingerprint density at radius 2 is 2.29 bits per heavy atom. The number of hydrogen-bond acceptors (Lipinski definition) is 1. The van der Waals surface area contributed by atoms with E-state index in [2.05, 4.69) is 20.3 Å². The SMILES string of the molecule is CC1[CH]C(C)SC1. The van der Waals surface area contributed by atoms with Gasteiger partial charge in [0.05, 0.1) is 0 Å². The van der Waals surface area contributed by atoms with Gasteiger partial charge in [0.2, 0.25) is 0 Å². The summed E-state index contributed by atoms with van der Waals surface area (Å²) in [6.45, 7) is 4.53. The molecule has 0 aliphatic carbocycles. The lowest BCUT2D eigenvalue weighted by Crippen LogP contribution is -1.92. The van der Waals surface area contributed by atoms with Crippen molar-refractivity contribution in [1.29, 1.82) is 0 Å². The highest BCUT2D eigenvalue weighted by Gasteiger charge is 2.16. The van der Waals surface area contributed by atoms with Crippen LogP contribution in [0.1, 0.15) is 13.8 Å². The van der Waals surface area contributed by atoms with E-state index in [1.165, 1.54) is 5.75 Å². The molecule has 1 heterocycles. The van der Waals surface area contributed by atoms with E-state index in [1.807, 2.05) is 11.8 Å². The van der Waals surface area contributed by atoms with Gasteiger partial charge in [-0.15, -0.1) is 0 Å². The molecule has 2 unspecified atom stereocenters. The van der Waals surface area contributed by atoms with E-state index in [9.17, 15) is 0 Å². The van der Waals surface area contributed by atoms with Crippen LogP contribution in [0.25, 0.3) is 0 Å². The Morgan fingerprint density at radius 3 is 2.43 bits per heavy atom. The highest BCUT2D eigenvalue weighted by atomic mass is 32.2. The Morgan fingerprint density at radius 1 is 1.57 bits per heavy atom. The fraction of sp³-hybridized carbons (Fsp3) is 0.833. The third-order valence-corrected chi connectivity index (χ3v) is 2.62. The van der Waals surface area contributed by atoms with Gasteiger partial charge in [0, 0.05) is 5.25 Å². The summed E-state index contributed by atoms with van der Waals surface area (Å²) < 4.78 is 0. The molecular formula is C6H11S. The summed E-state index contributed by atoms with van der Waals surface area (Å²) in [7, 11) is 0. The fourth-order valence-electron chi connectivity index (χ4n) is 0.877. The van der Waals surface area contributed by atoms with E-state index in [-0.39, 0.29) is 0 Å². The zero-order valence-electron chi connectivity index (χ0n) is 4.85. The molecule has 0 aromatic heterocycles. The zero-order chi connectivity index (χ0) is 5.28. The second-order valence-corrected chi connectivity index (χ2v) is 3.62. The number of thioether (sulfide) groups is 1. The molecule has 0 spiro atoms. The first kappa shape index (κ1) is 5.49. The molecule has 1 aliphatic heterocycles. The molecule has 0 nitrogen and oxygen atoms in total. The van der Waals surface area contributed by atoms with Gasteiger partial charge in [-0.3, -0.25) is 0 Å². The summed E-state index contributed by atoms with van der Waals surface area (Å²) in [5.41, 5.74) is 0. The first-order valence-corrected chi connectivity index (χ1v) is 3.80. The van der Waals surface area contributed by atoms with Crippen molar-refractivity contribution in [2.45, 2.75) is 19.1 Å². The molecule has 1 rings (SSSR count). The quantitative estimate of drug-likeness (QED) is 0.465. The Kier molecular flexibility index (Phi) is 1.63. The number of rotatable bonds is 0. The lowest BCUT2D eigenvalue weighted by Gasteiger charge is -1.94. The Hall–Kier alpha value is 0.350. The van der Waals surface area contributed by atoms with E-state index in [4.69, 9.17) is 0 Å². The third kappa shape index (κ3) is 1.37. The second kappa shape index (κ2) is 2.08. The minimum atomic E-state index is 0.815. The van der Waals surface area contributed by atoms with Crippen molar-refractivity contribution < 1.29 is 0 Å². The third-order valence-electron chi connectivity index (χ3n) is 1.22. The van der Waals surface area contributed by atoms with Crippen LogP contribution < -0.4 is 0 Å². The second-order valence-electron chi connectivity index (χ2n) is 2.21. The smallest absolute Gasteiger partial charge is 0.00530 e. The summed E-state index contributed by atoms with van der Waals surface area (Å²) in [6, 6.07) is 0. The predicted octanol–water partition coefficient (Wildman–Crippen LogP) is 1.96. The standard InChI is InChI=1S/C6H11S/c1-5-3-6(2)7-4-5/h3,5-6H,4H2,1-2H3. The van der Waals surface area contributed by atoms with Crippen LogP contribution in [0.3, 0.4) is 0 Å². The minimum absolute atomic E-state index is 0.815. The largest absolute Gasteiger partial charge is 0.158 e. The molecule has 1 saturated heterocycles. The summed E-state index contributed by atoms with van der Waals surface area (Å²) in [5, 5.41) is 0.815. The highest BCUT2D eigenvalue weighted by Crippen LogP contribution is 2.28. The van der Waals surface area contributed by atoms with Crippen LogP contribution in [0.2, 0.25) is 0 Å². The van der Waals surface area contributed by atoms with Gasteiger partial charge in [-0.25, -0.2) is 0 Å². The van der Waals surface area contributed by atoms with Gasteiger partial charge in [0.15, 0.2) is 0 Å². The first-order valence-electron chi connectivity index (χ1n) is 2.75. The molecule has 0 amide bonds. The summed E-state index contributed by atoms with van der Waals surface area (Å²) in [4.78, 5) is 0. The molecule has 7 heavy (non-hydrogen) atoms. The van der Waals surface area contributed by atoms with E-state index in [0.717, 1.165) is 11.2 Å². The van der Waals surface area contributed by atoms with E-state index >= 15 is 0 Å². The molecule has 1 radical (unpaired) electrons. The summed E-state index contributed by atoms with van der Waals surface area (Å²) in [5.74, 6) is 2.20. The molecule has 0 saturated carbocycles. The minimum Gasteiger partial charge on any atom is -0.158 e. The van der Waals surface area contributed by atoms with Gasteiger partial charge in [-0.2, -0.15) is 11.8 Å². The van der Waals surface area contributed by atoms with Crippen LogP contribution in [0.4, 0.5) is 0 Å². The molecule has 0 bridgehead atoms. The molecule has 1 fully saturated rings. The van der Waals surface area contributed by atoms with Gasteiger partial charge >= 0.3 is 0 Å². The van der Waals surface area contributed by atoms with Gasteiger partial charge in [0.25, 0.3) is 0 Å². The van der Waals surface area contributed by atoms with Crippen LogP contribution in [0.5, 0.6) is 0 Å². The topological polar surface area (TPSA) is 0 Å². The lowest BCUT2D eigenvalue weighted by molar-refractivity contribution is 0.775. The monoisotopic (exact) mass is 115 g/mol. The molecule has 0 aromatic rings. The van der Waals surface area contributed by atoms with Gasteiger partial charge in [0.1, 0.15) is 0 Å². The lowest BCUT2D eigenvalue weighted by atomic mass is 10.1. The average molecular weight is 115 g/mol. The Balaban J connectivity index is 2.26. The molecule has 0 N–H and O–H groups in total. The number of hydrogen-bond donors (Lipinski definition) is 0. The highest BCUT2D eigenvalue weighted by molar-refractivity contribution is 8.00. The molecule has 1 aliphatic rings. The Bertz CT molecular complexity index is 53.2. The molecule has 2 atom stereocenters. The molecular weight excluding hydrogens is 104 g/mol. The van der Waals surface area contributed by atoms with E-state index in [1.54, 1.807) is 0 Å². The van der Waals surface area contributed by atoms with Gasteiger partial charge < -0.3 is 0 Å². The molecule has 41 valence electrons. The maximum absolute atomic E-state index is 2.41. The summed E-state index contributed by atoms with van der Waals surface area (Å²) >= 11 is 2.05. The average Bonchev–Trinajstić information content (AvgIpc) is 1.87. The maximum Gasteiger partial charge on any atom is 0.00530 e. The van der Waals surface area contributed by atoms with Gasteiger partial charge in [-0.05, 0) is 18.1 Å². The normalized spacial score (nSPS) is 42.0. The van der Waals surface area contributed by atoms with Crippen LogP contribution in [-0.2, 0) is 0 Å². The van der Waals surface area contributed by atoms with Crippen molar-refractivity contribution in [2.24, 2.45) is 5.92 Å². The van der Waals surface area contributed by atoms with Crippen molar-refractivity contribution >= 4 is 11.8 Å². The van der Waals surface area contributed by atoms with Crippen molar-refractivity contribution in [3.63, 3.8) is 0 Å². The Labute approximate surface area is 49.7 Å². The van der Waals surface area contributed by atoms with Crippen molar-refractivity contribution in [3.05, 3.63) is 6.42 Å². The van der Waals surface area contributed by atoms with Crippen LogP contribution in [-0.4, -0.2) is 11.0 Å². The molecule has 1 heteroatoms. The van der Waals surface area contributed by atoms with Crippen molar-refractivity contribution in [2.75, 3.05) is 5.75 Å². The van der Waals surface area contributed by atoms with Crippen molar-refractivity contribution in [3.8, 4) is 0 Å². The van der Waals surface area contributed by atoms with Crippen LogP contribution >= 0.6 is 11.8 Å². The summed E-state index contributed by atoms with van der Waals surface area (Å²) in [6.07, 6.45) is 2.41. The van der Waals surface area contributed by atoms with E-state index in [0.29, 0.717) is 0 Å². The van der Waals surface area contributed by atoms with Gasteiger partial charge in [-0.1, -0.05) is 13.8 Å². The fourth-order valence-corrected chi connectivity index (χ4v) is 1.97. The van der Waals surface area contributed by atoms with Crippen LogP contribution in [0, 0.1) is 12.3 Å². The predicted molar refractivity (Wildman–Crippen MR) is 35.4 cm³/mol. The van der Waals surface area contributed by atoms with E-state index < -0.39 is 0 Å². The van der Waals surface area contributed by atoms with Crippen LogP contribution in [0.15, 0.2) is 0 Å².